The molecule has 0 saturated carbocycles. The van der Waals surface area contributed by atoms with E-state index in [0.29, 0.717) is 35.7 Å². The predicted octanol–water partition coefficient (Wildman–Crippen LogP) is 5.77. The Balaban J connectivity index is 1.57. The SMILES string of the molecule is O=C(O)CNc1ccc(/C=C2/Sc3cc(S(=O)(=O)Cc4c(Br)cccc4Br)ccc3NC2=O)cc1. The number of amides is 1. The largest absolute Gasteiger partial charge is 0.480 e. The Hall–Kier alpha value is -2.60. The van der Waals surface area contributed by atoms with Gasteiger partial charge < -0.3 is 15.7 Å². The first-order valence-electron chi connectivity index (χ1n) is 10.2. The summed E-state index contributed by atoms with van der Waals surface area (Å²) in [5, 5.41) is 14.3. The smallest absolute Gasteiger partial charge is 0.322 e. The third-order valence-corrected chi connectivity index (χ3v) is 9.26. The highest BCUT2D eigenvalue weighted by Gasteiger charge is 2.25. The lowest BCUT2D eigenvalue weighted by molar-refractivity contribution is -0.134. The first-order chi connectivity index (χ1) is 16.6. The van der Waals surface area contributed by atoms with Gasteiger partial charge in [-0.1, -0.05) is 61.8 Å². The van der Waals surface area contributed by atoms with E-state index < -0.39 is 15.8 Å². The molecular weight excluding hydrogens is 620 g/mol. The maximum atomic E-state index is 13.2. The van der Waals surface area contributed by atoms with E-state index in [-0.39, 0.29) is 23.1 Å². The van der Waals surface area contributed by atoms with Gasteiger partial charge in [0, 0.05) is 19.5 Å². The molecule has 1 aliphatic rings. The van der Waals surface area contributed by atoms with Crippen LogP contribution >= 0.6 is 43.6 Å². The molecule has 180 valence electrons. The highest BCUT2D eigenvalue weighted by Crippen LogP contribution is 2.41. The van der Waals surface area contributed by atoms with E-state index in [1.165, 1.54) is 17.8 Å². The molecule has 3 aromatic rings. The fourth-order valence-corrected chi connectivity index (χ4v) is 7.44. The van der Waals surface area contributed by atoms with E-state index in [1.54, 1.807) is 54.6 Å². The Labute approximate surface area is 223 Å². The molecule has 0 unspecified atom stereocenters. The predicted molar refractivity (Wildman–Crippen MR) is 144 cm³/mol. The molecule has 3 aromatic carbocycles. The van der Waals surface area contributed by atoms with Crippen molar-refractivity contribution in [3.63, 3.8) is 0 Å². The molecule has 1 amide bonds. The molecule has 0 aliphatic carbocycles. The number of sulfone groups is 1. The van der Waals surface area contributed by atoms with Gasteiger partial charge in [-0.2, -0.15) is 0 Å². The van der Waals surface area contributed by atoms with E-state index >= 15 is 0 Å². The lowest BCUT2D eigenvalue weighted by Crippen LogP contribution is -2.17. The van der Waals surface area contributed by atoms with Crippen LogP contribution in [-0.2, 0) is 25.2 Å². The number of halogens is 2. The lowest BCUT2D eigenvalue weighted by atomic mass is 10.2. The van der Waals surface area contributed by atoms with Gasteiger partial charge in [-0.05, 0) is 59.7 Å². The third kappa shape index (κ3) is 6.16. The van der Waals surface area contributed by atoms with Crippen LogP contribution in [0.2, 0.25) is 0 Å². The second kappa shape index (κ2) is 10.6. The van der Waals surface area contributed by atoms with Gasteiger partial charge in [-0.15, -0.1) is 0 Å². The molecule has 11 heteroatoms. The molecule has 0 aromatic heterocycles. The number of anilines is 2. The molecule has 0 bridgehead atoms. The number of benzene rings is 3. The van der Waals surface area contributed by atoms with Crippen LogP contribution in [-0.4, -0.2) is 31.9 Å². The monoisotopic (exact) mass is 636 g/mol. The van der Waals surface area contributed by atoms with Gasteiger partial charge in [0.15, 0.2) is 9.84 Å². The number of carboxylic acid groups (broad SMARTS) is 1. The van der Waals surface area contributed by atoms with Crippen LogP contribution in [0.5, 0.6) is 0 Å². The van der Waals surface area contributed by atoms with E-state index in [9.17, 15) is 18.0 Å². The third-order valence-electron chi connectivity index (χ3n) is 5.05. The Bertz CT molecular complexity index is 1430. The maximum Gasteiger partial charge on any atom is 0.322 e. The van der Waals surface area contributed by atoms with Crippen LogP contribution < -0.4 is 10.6 Å². The molecule has 0 radical (unpaired) electrons. The van der Waals surface area contributed by atoms with Crippen LogP contribution in [0.4, 0.5) is 11.4 Å². The van der Waals surface area contributed by atoms with Gasteiger partial charge >= 0.3 is 5.97 Å². The second-order valence-electron chi connectivity index (χ2n) is 7.55. The average Bonchev–Trinajstić information content (AvgIpc) is 2.81. The molecular formula is C24H18Br2N2O5S2. The number of aliphatic carboxylic acids is 1. The fourth-order valence-electron chi connectivity index (χ4n) is 3.30. The van der Waals surface area contributed by atoms with Crippen LogP contribution in [0, 0.1) is 0 Å². The number of thioether (sulfide) groups is 1. The number of hydrogen-bond acceptors (Lipinski definition) is 6. The van der Waals surface area contributed by atoms with E-state index in [0.717, 1.165) is 5.56 Å². The summed E-state index contributed by atoms with van der Waals surface area (Å²) in [4.78, 5) is 24.5. The van der Waals surface area contributed by atoms with Crippen LogP contribution in [0.3, 0.4) is 0 Å². The topological polar surface area (TPSA) is 113 Å². The van der Waals surface area contributed by atoms with Crippen LogP contribution in [0.15, 0.2) is 84.3 Å². The first-order valence-corrected chi connectivity index (χ1v) is 14.2. The van der Waals surface area contributed by atoms with Gasteiger partial charge in [0.05, 0.1) is 21.2 Å². The van der Waals surface area contributed by atoms with Gasteiger partial charge in [-0.3, -0.25) is 9.59 Å². The molecule has 0 atom stereocenters. The summed E-state index contributed by atoms with van der Waals surface area (Å²) < 4.78 is 27.7. The molecule has 7 nitrogen and oxygen atoms in total. The Morgan fingerprint density at radius 3 is 2.40 bits per heavy atom. The zero-order valence-electron chi connectivity index (χ0n) is 17.9. The fraction of sp³-hybridized carbons (Fsp3) is 0.0833. The molecule has 3 N–H and O–H groups in total. The highest BCUT2D eigenvalue weighted by atomic mass is 79.9. The van der Waals surface area contributed by atoms with Gasteiger partial charge in [-0.25, -0.2) is 8.42 Å². The van der Waals surface area contributed by atoms with Crippen molar-refractivity contribution in [2.45, 2.75) is 15.5 Å². The van der Waals surface area contributed by atoms with Crippen molar-refractivity contribution >= 4 is 82.8 Å². The number of carbonyl (C=O) groups excluding carboxylic acids is 1. The number of carbonyl (C=O) groups is 2. The first kappa shape index (κ1) is 25.5. The Morgan fingerprint density at radius 2 is 1.74 bits per heavy atom. The minimum Gasteiger partial charge on any atom is -0.480 e. The number of carboxylic acids is 1. The summed E-state index contributed by atoms with van der Waals surface area (Å²) in [6, 6.07) is 17.0. The second-order valence-corrected chi connectivity index (χ2v) is 12.3. The van der Waals surface area contributed by atoms with Crippen molar-refractivity contribution < 1.29 is 23.1 Å². The van der Waals surface area contributed by atoms with Gasteiger partial charge in [0.25, 0.3) is 5.91 Å². The molecule has 1 aliphatic heterocycles. The van der Waals surface area contributed by atoms with Crippen molar-refractivity contribution in [1.82, 2.24) is 0 Å². The Kier molecular flexibility index (Phi) is 7.70. The molecule has 4 rings (SSSR count). The van der Waals surface area contributed by atoms with E-state index in [2.05, 4.69) is 42.5 Å². The Morgan fingerprint density at radius 1 is 1.06 bits per heavy atom. The highest BCUT2D eigenvalue weighted by molar-refractivity contribution is 9.11. The molecule has 0 saturated heterocycles. The minimum atomic E-state index is -3.65. The van der Waals surface area contributed by atoms with E-state index in [4.69, 9.17) is 5.11 Å². The van der Waals surface area contributed by atoms with Crippen LogP contribution in [0.25, 0.3) is 6.08 Å². The van der Waals surface area contributed by atoms with Crippen molar-refractivity contribution in [2.24, 2.45) is 0 Å². The minimum absolute atomic E-state index is 0.163. The van der Waals surface area contributed by atoms with E-state index in [1.807, 2.05) is 6.07 Å². The molecule has 1 heterocycles. The summed E-state index contributed by atoms with van der Waals surface area (Å²) in [6.07, 6.45) is 1.70. The van der Waals surface area contributed by atoms with Crippen molar-refractivity contribution in [1.29, 1.82) is 0 Å². The number of fused-ring (bicyclic) bond motifs is 1. The summed E-state index contributed by atoms with van der Waals surface area (Å²) in [5.41, 5.74) is 2.57. The summed E-state index contributed by atoms with van der Waals surface area (Å²) in [6.45, 7) is -0.196. The standard InChI is InChI=1S/C24H18Br2N2O5S2/c25-18-2-1-3-19(26)17(18)13-35(32,33)16-8-9-20-21(11-16)34-22(24(31)28-20)10-14-4-6-15(7-5-14)27-12-23(29)30/h1-11,27H,12-13H2,(H,28,31)(H,29,30)/b22-10+. The molecule has 0 spiro atoms. The van der Waals surface area contributed by atoms with Gasteiger partial charge in [0.1, 0.15) is 6.54 Å². The summed E-state index contributed by atoms with van der Waals surface area (Å²) >= 11 is 8.02. The normalized spacial score (nSPS) is 14.3. The number of nitrogens with one attached hydrogen (secondary N) is 2. The average molecular weight is 638 g/mol. The van der Waals surface area contributed by atoms with Crippen molar-refractivity contribution in [3.8, 4) is 0 Å². The molecule has 35 heavy (non-hydrogen) atoms. The molecule has 0 fully saturated rings. The number of hydrogen-bond donors (Lipinski definition) is 3. The van der Waals surface area contributed by atoms with Crippen molar-refractivity contribution in [2.75, 3.05) is 17.2 Å². The van der Waals surface area contributed by atoms with Gasteiger partial charge in [0.2, 0.25) is 0 Å². The maximum absolute atomic E-state index is 13.2. The summed E-state index contributed by atoms with van der Waals surface area (Å²) in [5.74, 6) is -1.44. The zero-order chi connectivity index (χ0) is 25.2. The van der Waals surface area contributed by atoms with Crippen molar-refractivity contribution in [3.05, 3.63) is 85.6 Å². The summed E-state index contributed by atoms with van der Waals surface area (Å²) in [7, 11) is -3.65. The van der Waals surface area contributed by atoms with Crippen LogP contribution in [0.1, 0.15) is 11.1 Å². The number of rotatable bonds is 7. The zero-order valence-corrected chi connectivity index (χ0v) is 22.7. The quantitative estimate of drug-likeness (QED) is 0.282. The lowest BCUT2D eigenvalue weighted by Gasteiger charge is -2.19.